The van der Waals surface area contributed by atoms with Crippen LogP contribution in [0.4, 0.5) is 0 Å². The lowest BCUT2D eigenvalue weighted by Gasteiger charge is -2.20. The van der Waals surface area contributed by atoms with Crippen LogP contribution in [-0.4, -0.2) is 18.5 Å². The predicted octanol–water partition coefficient (Wildman–Crippen LogP) is 3.51. The third kappa shape index (κ3) is 2.74. The van der Waals surface area contributed by atoms with Gasteiger partial charge in [0.15, 0.2) is 0 Å². The van der Waals surface area contributed by atoms with E-state index in [9.17, 15) is 0 Å². The maximum absolute atomic E-state index is 6.00. The quantitative estimate of drug-likeness (QED) is 0.905. The molecule has 0 aliphatic heterocycles. The summed E-state index contributed by atoms with van der Waals surface area (Å²) in [5.41, 5.74) is 8.04. The molecular weight excluding hydrogens is 248 g/mol. The fraction of sp³-hybridized carbons (Fsp3) is 0.529. The van der Waals surface area contributed by atoms with Gasteiger partial charge in [-0.25, -0.2) is 0 Å². The molecule has 0 bridgehead atoms. The molecule has 1 aliphatic carbocycles. The van der Waals surface area contributed by atoms with Crippen molar-refractivity contribution in [2.24, 2.45) is 11.7 Å². The highest BCUT2D eigenvalue weighted by Crippen LogP contribution is 2.28. The van der Waals surface area contributed by atoms with Crippen molar-refractivity contribution in [1.29, 1.82) is 0 Å². The molecule has 0 amide bonds. The summed E-state index contributed by atoms with van der Waals surface area (Å²) in [5.74, 6) is 1.90. The smallest absolute Gasteiger partial charge is 0.134 e. The number of para-hydroxylation sites is 1. The minimum absolute atomic E-state index is 0.545. The number of nitrogens with two attached hydrogens (primary N) is 1. The number of hydrogen-bond acceptors (Lipinski definition) is 3. The van der Waals surface area contributed by atoms with Crippen molar-refractivity contribution < 1.29 is 4.42 Å². The first-order valence-corrected chi connectivity index (χ1v) is 7.66. The maximum Gasteiger partial charge on any atom is 0.134 e. The van der Waals surface area contributed by atoms with E-state index in [0.29, 0.717) is 6.54 Å². The fourth-order valence-electron chi connectivity index (χ4n) is 3.44. The molecule has 1 aromatic carbocycles. The van der Waals surface area contributed by atoms with Crippen molar-refractivity contribution in [2.75, 3.05) is 13.6 Å². The lowest BCUT2D eigenvalue weighted by molar-refractivity contribution is 0.252. The summed E-state index contributed by atoms with van der Waals surface area (Å²) in [5, 5.41) is 1.17. The van der Waals surface area contributed by atoms with E-state index in [4.69, 9.17) is 10.2 Å². The van der Waals surface area contributed by atoms with Crippen molar-refractivity contribution in [3.63, 3.8) is 0 Å². The second-order valence-corrected chi connectivity index (χ2v) is 6.05. The molecule has 0 saturated heterocycles. The molecule has 3 heteroatoms. The van der Waals surface area contributed by atoms with Gasteiger partial charge in [0, 0.05) is 24.0 Å². The molecule has 0 unspecified atom stereocenters. The van der Waals surface area contributed by atoms with E-state index in [2.05, 4.69) is 18.0 Å². The Balaban J connectivity index is 1.75. The third-order valence-corrected chi connectivity index (χ3v) is 4.44. The van der Waals surface area contributed by atoms with E-state index in [1.807, 2.05) is 18.2 Å². The number of furan rings is 1. The number of fused-ring (bicyclic) bond motifs is 1. The molecule has 108 valence electrons. The Kier molecular flexibility index (Phi) is 4.08. The van der Waals surface area contributed by atoms with Gasteiger partial charge in [-0.05, 0) is 31.9 Å². The normalized spacial score (nSPS) is 16.6. The topological polar surface area (TPSA) is 42.4 Å². The summed E-state index contributed by atoms with van der Waals surface area (Å²) >= 11 is 0. The van der Waals surface area contributed by atoms with Gasteiger partial charge in [0.2, 0.25) is 0 Å². The zero-order valence-electron chi connectivity index (χ0n) is 12.3. The Labute approximate surface area is 120 Å². The molecule has 20 heavy (non-hydrogen) atoms. The minimum Gasteiger partial charge on any atom is -0.459 e. The summed E-state index contributed by atoms with van der Waals surface area (Å²) in [6.45, 7) is 2.57. The van der Waals surface area contributed by atoms with Gasteiger partial charge < -0.3 is 10.2 Å². The molecule has 0 spiro atoms. The highest BCUT2D eigenvalue weighted by atomic mass is 16.3. The van der Waals surface area contributed by atoms with Crippen LogP contribution in [0.2, 0.25) is 0 Å². The van der Waals surface area contributed by atoms with Crippen LogP contribution in [-0.2, 0) is 13.1 Å². The summed E-state index contributed by atoms with van der Waals surface area (Å²) < 4.78 is 6.00. The van der Waals surface area contributed by atoms with E-state index in [0.717, 1.165) is 23.8 Å². The van der Waals surface area contributed by atoms with Gasteiger partial charge in [-0.3, -0.25) is 4.90 Å². The van der Waals surface area contributed by atoms with Gasteiger partial charge in [-0.2, -0.15) is 0 Å². The monoisotopic (exact) mass is 272 g/mol. The average molecular weight is 272 g/mol. The van der Waals surface area contributed by atoms with Crippen LogP contribution >= 0.6 is 0 Å². The van der Waals surface area contributed by atoms with E-state index in [1.165, 1.54) is 43.2 Å². The molecular formula is C17H24N2O. The molecule has 3 nitrogen and oxygen atoms in total. The van der Waals surface area contributed by atoms with Crippen LogP contribution in [0.3, 0.4) is 0 Å². The molecule has 1 aromatic heterocycles. The Bertz CT molecular complexity index is 569. The van der Waals surface area contributed by atoms with Crippen LogP contribution in [0.15, 0.2) is 28.7 Å². The minimum atomic E-state index is 0.545. The van der Waals surface area contributed by atoms with Crippen LogP contribution < -0.4 is 5.73 Å². The zero-order chi connectivity index (χ0) is 13.9. The Morgan fingerprint density at radius 3 is 2.75 bits per heavy atom. The predicted molar refractivity (Wildman–Crippen MR) is 82.4 cm³/mol. The highest BCUT2D eigenvalue weighted by Gasteiger charge is 2.19. The Morgan fingerprint density at radius 1 is 1.25 bits per heavy atom. The lowest BCUT2D eigenvalue weighted by Crippen LogP contribution is -2.24. The van der Waals surface area contributed by atoms with Crippen LogP contribution in [0, 0.1) is 5.92 Å². The lowest BCUT2D eigenvalue weighted by atomic mass is 10.1. The zero-order valence-corrected chi connectivity index (χ0v) is 12.3. The standard InChI is InChI=1S/C17H24N2O/c1-19(11-13-6-2-3-7-13)12-17-15(10-18)14-8-4-5-9-16(14)20-17/h4-5,8-9,13H,2-3,6-7,10-12,18H2,1H3. The Hall–Kier alpha value is -1.32. The summed E-state index contributed by atoms with van der Waals surface area (Å²) in [7, 11) is 2.19. The summed E-state index contributed by atoms with van der Waals surface area (Å²) in [6.07, 6.45) is 5.57. The molecule has 2 N–H and O–H groups in total. The SMILES string of the molecule is CN(Cc1oc2ccccc2c1CN)CC1CCCC1. The maximum atomic E-state index is 6.00. The number of nitrogens with zero attached hydrogens (tertiary/aromatic N) is 1. The second kappa shape index (κ2) is 5.98. The van der Waals surface area contributed by atoms with Crippen molar-refractivity contribution in [2.45, 2.75) is 38.8 Å². The molecule has 1 aliphatic rings. The van der Waals surface area contributed by atoms with E-state index in [-0.39, 0.29) is 0 Å². The van der Waals surface area contributed by atoms with Gasteiger partial charge in [-0.15, -0.1) is 0 Å². The van der Waals surface area contributed by atoms with E-state index < -0.39 is 0 Å². The van der Waals surface area contributed by atoms with Crippen LogP contribution in [0.1, 0.15) is 37.0 Å². The van der Waals surface area contributed by atoms with E-state index >= 15 is 0 Å². The number of hydrogen-bond donors (Lipinski definition) is 1. The highest BCUT2D eigenvalue weighted by molar-refractivity contribution is 5.82. The van der Waals surface area contributed by atoms with Gasteiger partial charge in [0.25, 0.3) is 0 Å². The van der Waals surface area contributed by atoms with Crippen molar-refractivity contribution in [1.82, 2.24) is 4.90 Å². The van der Waals surface area contributed by atoms with Crippen molar-refractivity contribution >= 4 is 11.0 Å². The van der Waals surface area contributed by atoms with E-state index in [1.54, 1.807) is 0 Å². The van der Waals surface area contributed by atoms with Gasteiger partial charge in [0.1, 0.15) is 11.3 Å². The number of rotatable bonds is 5. The van der Waals surface area contributed by atoms with Gasteiger partial charge in [-0.1, -0.05) is 31.0 Å². The molecule has 2 aromatic rings. The average Bonchev–Trinajstić information content (AvgIpc) is 3.05. The van der Waals surface area contributed by atoms with Gasteiger partial charge in [0.05, 0.1) is 6.54 Å². The van der Waals surface area contributed by atoms with Crippen LogP contribution in [0.5, 0.6) is 0 Å². The first-order valence-electron chi connectivity index (χ1n) is 7.66. The van der Waals surface area contributed by atoms with Crippen molar-refractivity contribution in [3.05, 3.63) is 35.6 Å². The molecule has 0 radical (unpaired) electrons. The number of benzene rings is 1. The molecule has 3 rings (SSSR count). The van der Waals surface area contributed by atoms with Gasteiger partial charge >= 0.3 is 0 Å². The second-order valence-electron chi connectivity index (χ2n) is 6.05. The summed E-state index contributed by atoms with van der Waals surface area (Å²) in [6, 6.07) is 8.18. The third-order valence-electron chi connectivity index (χ3n) is 4.44. The molecule has 1 heterocycles. The van der Waals surface area contributed by atoms with Crippen LogP contribution in [0.25, 0.3) is 11.0 Å². The Morgan fingerprint density at radius 2 is 2.00 bits per heavy atom. The first kappa shape index (κ1) is 13.7. The molecule has 1 fully saturated rings. The molecule has 1 saturated carbocycles. The molecule has 0 atom stereocenters. The first-order chi connectivity index (χ1) is 9.78. The summed E-state index contributed by atoms with van der Waals surface area (Å²) in [4.78, 5) is 2.38. The van der Waals surface area contributed by atoms with Crippen molar-refractivity contribution in [3.8, 4) is 0 Å². The fourth-order valence-corrected chi connectivity index (χ4v) is 3.44. The largest absolute Gasteiger partial charge is 0.459 e.